The molecule has 19 nitrogen and oxygen atoms in total. The molecule has 2 saturated heterocycles. The average Bonchev–Trinajstić information content (AvgIpc) is 3.30. The van der Waals surface area contributed by atoms with Crippen molar-refractivity contribution in [2.75, 3.05) is 69.6 Å². The zero-order chi connectivity index (χ0) is 48.9. The smallest absolute Gasteiger partial charge is 0.391 e. The van der Waals surface area contributed by atoms with Crippen LogP contribution in [0.1, 0.15) is 73.6 Å². The number of amides is 4. The number of hydrogen-bond acceptors (Lipinski definition) is 15. The number of nitrogens with zero attached hydrogens (tertiary/aromatic N) is 10. The number of piperidine rings is 2. The number of aliphatic hydroxyl groups excluding tert-OH is 2. The second kappa shape index (κ2) is 20.6. The Morgan fingerprint density at radius 3 is 1.71 bits per heavy atom. The topological polar surface area (TPSA) is 232 Å². The molecule has 0 unspecified atom stereocenters. The van der Waals surface area contributed by atoms with Crippen molar-refractivity contribution < 1.29 is 60.5 Å². The number of Topliss-reactive ketones (excluding diaryl/α,β-unsaturated/α-hetero) is 2. The summed E-state index contributed by atoms with van der Waals surface area (Å²) in [6.45, 7) is 3.78. The lowest BCUT2D eigenvalue weighted by Crippen LogP contribution is -2.56. The van der Waals surface area contributed by atoms with Crippen molar-refractivity contribution in [1.82, 2.24) is 29.9 Å². The summed E-state index contributed by atoms with van der Waals surface area (Å²) in [6.07, 6.45) is -2.85. The normalized spacial score (nSPS) is 18.7. The van der Waals surface area contributed by atoms with Gasteiger partial charge in [0.2, 0.25) is 11.6 Å². The summed E-state index contributed by atoms with van der Waals surface area (Å²) in [5.74, 6) is -4.90. The number of pyridine rings is 2. The number of halogens is 6. The molecule has 4 N–H and O–H groups in total. The minimum atomic E-state index is -4.53. The Kier molecular flexibility index (Phi) is 14.9. The maximum Gasteiger partial charge on any atom is 0.391 e. The van der Waals surface area contributed by atoms with Crippen LogP contribution in [-0.2, 0) is 0 Å². The first-order valence-corrected chi connectivity index (χ1v) is 21.7. The largest absolute Gasteiger partial charge is 0.491 e. The van der Waals surface area contributed by atoms with Crippen LogP contribution in [0.5, 0.6) is 5.75 Å². The fourth-order valence-corrected chi connectivity index (χ4v) is 8.00. The van der Waals surface area contributed by atoms with Crippen LogP contribution in [0.4, 0.5) is 70.6 Å². The molecule has 4 aliphatic heterocycles. The van der Waals surface area contributed by atoms with E-state index < -0.39 is 73.4 Å². The average molecular weight is 959 g/mol. The maximum atomic E-state index is 13.4. The van der Waals surface area contributed by atoms with Crippen LogP contribution >= 0.6 is 0 Å². The van der Waals surface area contributed by atoms with E-state index in [4.69, 9.17) is 9.84 Å². The summed E-state index contributed by atoms with van der Waals surface area (Å²) in [6, 6.07) is 6.53. The molecule has 0 aromatic carbocycles. The van der Waals surface area contributed by atoms with Gasteiger partial charge in [-0.15, -0.1) is 0 Å². The van der Waals surface area contributed by atoms with Crippen LogP contribution in [-0.4, -0.2) is 134 Å². The third kappa shape index (κ3) is 11.5. The van der Waals surface area contributed by atoms with Gasteiger partial charge in [-0.05, 0) is 43.9 Å². The molecular weight excluding hydrogens is 911 g/mol. The molecule has 4 bridgehead atoms. The van der Waals surface area contributed by atoms with Crippen molar-refractivity contribution in [2.45, 2.75) is 82.9 Å². The fourth-order valence-electron chi connectivity index (χ4n) is 8.00. The van der Waals surface area contributed by atoms with E-state index in [2.05, 4.69) is 40.5 Å². The number of ether oxygens (including phenoxy) is 1. The van der Waals surface area contributed by atoms with Crippen molar-refractivity contribution in [3.05, 3.63) is 66.8 Å². The molecule has 364 valence electrons. The number of anilines is 6. The van der Waals surface area contributed by atoms with Gasteiger partial charge in [0.05, 0.1) is 54.3 Å². The first-order valence-electron chi connectivity index (χ1n) is 21.7. The number of carbonyl (C=O) groups is 4. The molecule has 25 heteroatoms. The molecular formula is C43H48F6N12O7. The first-order chi connectivity index (χ1) is 32.3. The van der Waals surface area contributed by atoms with Crippen molar-refractivity contribution >= 4 is 58.3 Å². The van der Waals surface area contributed by atoms with Gasteiger partial charge in [-0.25, -0.2) is 39.5 Å². The highest BCUT2D eigenvalue weighted by Gasteiger charge is 2.43. The lowest BCUT2D eigenvalue weighted by molar-refractivity contribution is -0.169. The van der Waals surface area contributed by atoms with E-state index in [1.165, 1.54) is 40.5 Å². The van der Waals surface area contributed by atoms with Crippen molar-refractivity contribution in [3.63, 3.8) is 0 Å². The van der Waals surface area contributed by atoms with Gasteiger partial charge in [0.25, 0.3) is 0 Å². The van der Waals surface area contributed by atoms with E-state index in [-0.39, 0.29) is 47.8 Å². The van der Waals surface area contributed by atoms with Gasteiger partial charge < -0.3 is 24.7 Å². The molecule has 4 aliphatic rings. The van der Waals surface area contributed by atoms with E-state index in [0.29, 0.717) is 49.0 Å². The van der Waals surface area contributed by atoms with E-state index in [1.54, 1.807) is 24.4 Å². The molecule has 4 amide bonds. The third-order valence-electron chi connectivity index (χ3n) is 11.7. The Labute approximate surface area is 385 Å². The Hall–Kier alpha value is -6.76. The number of urea groups is 2. The van der Waals surface area contributed by atoms with Gasteiger partial charge in [0, 0.05) is 57.5 Å². The van der Waals surface area contributed by atoms with E-state index >= 15 is 0 Å². The van der Waals surface area contributed by atoms with Gasteiger partial charge in [-0.3, -0.25) is 30.0 Å². The van der Waals surface area contributed by atoms with Crippen LogP contribution < -0.4 is 35.0 Å². The lowest BCUT2D eigenvalue weighted by atomic mass is 10.00. The van der Waals surface area contributed by atoms with Crippen LogP contribution in [0.15, 0.2) is 55.1 Å². The molecule has 0 spiro atoms. The summed E-state index contributed by atoms with van der Waals surface area (Å²) in [4.78, 5) is 83.0. The number of aromatic nitrogens is 6. The molecule has 8 rings (SSSR count). The summed E-state index contributed by atoms with van der Waals surface area (Å²) in [5, 5.41) is 23.8. The maximum absolute atomic E-state index is 13.4. The molecule has 0 radical (unpaired) electrons. The number of carbonyl (C=O) groups excluding carboxylic acids is 4. The molecule has 4 aromatic rings. The number of alkyl halides is 6. The van der Waals surface area contributed by atoms with Crippen LogP contribution in [0.2, 0.25) is 0 Å². The number of rotatable bonds is 12. The van der Waals surface area contributed by atoms with Gasteiger partial charge in [0.1, 0.15) is 30.1 Å². The molecule has 8 heterocycles. The third-order valence-corrected chi connectivity index (χ3v) is 11.7. The predicted molar refractivity (Wildman–Crippen MR) is 233 cm³/mol. The van der Waals surface area contributed by atoms with Crippen molar-refractivity contribution in [1.29, 1.82) is 0 Å². The molecule has 2 fully saturated rings. The second-order valence-electron chi connectivity index (χ2n) is 16.8. The first kappa shape index (κ1) is 49.2. The summed E-state index contributed by atoms with van der Waals surface area (Å²) in [5.41, 5.74) is 1.09. The molecule has 0 aliphatic carbocycles. The summed E-state index contributed by atoms with van der Waals surface area (Å²) >= 11 is 0. The second-order valence-corrected chi connectivity index (χ2v) is 16.8. The highest BCUT2D eigenvalue weighted by atomic mass is 19.4. The van der Waals surface area contributed by atoms with Gasteiger partial charge in [-0.2, -0.15) is 26.3 Å². The summed E-state index contributed by atoms with van der Waals surface area (Å²) in [7, 11) is 0. The zero-order valence-corrected chi connectivity index (χ0v) is 36.7. The fraction of sp³-hybridized carbons (Fsp3) is 0.488. The number of nitrogens with one attached hydrogen (secondary N) is 2. The van der Waals surface area contributed by atoms with Gasteiger partial charge in [-0.1, -0.05) is 19.9 Å². The standard InChI is InChI=1S/C23H27F3N6O5.C20H21F3N6O2/c1-13(23(24,25)26)7-18(35)20-28-9-17-21(30-20)32(14-3-2-6-31(17)10-14)22(36)29-19-8-16(4-5-27-19)37-12-15(34)11-33;1-12(20(21,22)23)9-15(30)17-25-10-14-18(27-17)29(13-5-4-8-28(14)11-13)19(31)26-16-6-2-3-7-24-16/h4-5,8-9,13-15,33-34H,2-3,6-7,10-12H2,1H3,(H,27,29,36);2-3,6-7,10,12-13H,4-5,8-9,11H2,1H3,(H,24,26,31)/t13-,14-,15+;12-,13-/m00/s1. The zero-order valence-electron chi connectivity index (χ0n) is 36.7. The highest BCUT2D eigenvalue weighted by molar-refractivity contribution is 6.05. The van der Waals surface area contributed by atoms with Crippen LogP contribution in [0.3, 0.4) is 0 Å². The SMILES string of the molecule is C[C@@H](CC(=O)c1ncc2c(n1)N(C(=O)Nc1cc(OC[C@H](O)CO)ccn1)[C@H]1CCCN2C1)C(F)(F)F.C[C@@H](CC(=O)c1ncc2c(n1)N(C(=O)Nc1ccccn1)[C@H]1CCCN2C1)C(F)(F)F. The highest BCUT2D eigenvalue weighted by Crippen LogP contribution is 2.40. The van der Waals surface area contributed by atoms with Crippen LogP contribution in [0.25, 0.3) is 0 Å². The quantitative estimate of drug-likeness (QED) is 0.0934. The Balaban J connectivity index is 0.000000204. The number of aliphatic hydroxyl groups is 2. The van der Waals surface area contributed by atoms with Gasteiger partial charge >= 0.3 is 24.4 Å². The molecule has 0 saturated carbocycles. The molecule has 5 atom stereocenters. The number of ketones is 2. The minimum absolute atomic E-state index is 0.143. The minimum Gasteiger partial charge on any atom is -0.491 e. The number of hydrogen-bond donors (Lipinski definition) is 4. The van der Waals surface area contributed by atoms with E-state index in [1.807, 2.05) is 9.80 Å². The Bertz CT molecular complexity index is 2470. The van der Waals surface area contributed by atoms with E-state index in [0.717, 1.165) is 39.7 Å². The van der Waals surface area contributed by atoms with Crippen molar-refractivity contribution in [3.8, 4) is 5.75 Å². The summed E-state index contributed by atoms with van der Waals surface area (Å²) < 4.78 is 82.9. The lowest BCUT2D eigenvalue weighted by Gasteiger charge is -2.45. The monoisotopic (exact) mass is 958 g/mol. The number of fused-ring (bicyclic) bond motifs is 8. The molecule has 68 heavy (non-hydrogen) atoms. The van der Waals surface area contributed by atoms with Crippen molar-refractivity contribution in [2.24, 2.45) is 11.8 Å². The van der Waals surface area contributed by atoms with Gasteiger partial charge in [0.15, 0.2) is 23.3 Å². The predicted octanol–water partition coefficient (Wildman–Crippen LogP) is 6.06. The Morgan fingerprint density at radius 1 is 0.735 bits per heavy atom. The molecule has 4 aromatic heterocycles. The van der Waals surface area contributed by atoms with E-state index in [9.17, 15) is 50.6 Å². The van der Waals surface area contributed by atoms with Crippen LogP contribution in [0, 0.1) is 11.8 Å². The Morgan fingerprint density at radius 2 is 1.24 bits per heavy atom.